The van der Waals surface area contributed by atoms with Crippen molar-refractivity contribution in [1.82, 2.24) is 25.4 Å². The van der Waals surface area contributed by atoms with Gasteiger partial charge in [-0.2, -0.15) is 10.3 Å². The summed E-state index contributed by atoms with van der Waals surface area (Å²) in [4.78, 5) is 17.2. The van der Waals surface area contributed by atoms with E-state index in [0.29, 0.717) is 5.82 Å². The number of aromatic amines is 2. The Balaban J connectivity index is 2.52. The second-order valence-electron chi connectivity index (χ2n) is 2.26. The van der Waals surface area contributed by atoms with E-state index in [4.69, 9.17) is 5.11 Å². The number of rotatable bonds is 2. The number of aromatic nitrogens is 5. The molecule has 0 aliphatic rings. The quantitative estimate of drug-likeness (QED) is 0.596. The van der Waals surface area contributed by atoms with Crippen molar-refractivity contribution >= 4 is 5.97 Å². The Morgan fingerprint density at radius 2 is 2.31 bits per heavy atom. The molecular formula is C6H5N5O2. The third-order valence-corrected chi connectivity index (χ3v) is 1.47. The summed E-state index contributed by atoms with van der Waals surface area (Å²) >= 11 is 0. The fourth-order valence-corrected chi connectivity index (χ4v) is 0.940. The average molecular weight is 179 g/mol. The second-order valence-corrected chi connectivity index (χ2v) is 2.26. The van der Waals surface area contributed by atoms with Gasteiger partial charge in [0.25, 0.3) is 0 Å². The predicted octanol–water partition coefficient (Wildman–Crippen LogP) is -0.107. The molecule has 0 saturated carbocycles. The Bertz CT molecular complexity index is 418. The third kappa shape index (κ3) is 1.15. The first-order valence-electron chi connectivity index (χ1n) is 3.43. The van der Waals surface area contributed by atoms with Crippen LogP contribution in [0.4, 0.5) is 0 Å². The molecule has 0 unspecified atom stereocenters. The lowest BCUT2D eigenvalue weighted by atomic mass is 10.3. The van der Waals surface area contributed by atoms with E-state index in [2.05, 4.69) is 25.4 Å². The summed E-state index contributed by atoms with van der Waals surface area (Å²) in [6, 6.07) is 0. The number of hydrogen-bond donors (Lipinski definition) is 3. The summed E-state index contributed by atoms with van der Waals surface area (Å²) < 4.78 is 0. The van der Waals surface area contributed by atoms with Gasteiger partial charge in [0.05, 0.1) is 0 Å². The van der Waals surface area contributed by atoms with E-state index >= 15 is 0 Å². The molecule has 0 aliphatic heterocycles. The fraction of sp³-hybridized carbons (Fsp3) is 0. The Labute approximate surface area is 71.8 Å². The van der Waals surface area contributed by atoms with Gasteiger partial charge >= 0.3 is 5.97 Å². The van der Waals surface area contributed by atoms with E-state index in [1.54, 1.807) is 6.20 Å². The molecule has 2 heterocycles. The topological polar surface area (TPSA) is 108 Å². The van der Waals surface area contributed by atoms with Gasteiger partial charge in [0.15, 0.2) is 11.5 Å². The van der Waals surface area contributed by atoms with E-state index in [9.17, 15) is 4.79 Å². The summed E-state index contributed by atoms with van der Waals surface area (Å²) in [7, 11) is 0. The molecule has 0 atom stereocenters. The minimum Gasteiger partial charge on any atom is -0.476 e. The van der Waals surface area contributed by atoms with E-state index < -0.39 is 5.97 Å². The van der Waals surface area contributed by atoms with E-state index in [1.165, 1.54) is 6.20 Å². The molecule has 0 amide bonds. The lowest BCUT2D eigenvalue weighted by Crippen LogP contribution is -1.99. The Kier molecular flexibility index (Phi) is 1.55. The van der Waals surface area contributed by atoms with Crippen molar-refractivity contribution in [2.75, 3.05) is 0 Å². The number of carbonyl (C=O) groups is 1. The van der Waals surface area contributed by atoms with E-state index in [1.807, 2.05) is 0 Å². The molecule has 2 aromatic rings. The SMILES string of the molecule is O=C(O)c1n[nH]nc1-c1ncc[nH]1. The molecule has 66 valence electrons. The molecule has 0 aromatic carbocycles. The van der Waals surface area contributed by atoms with Gasteiger partial charge in [-0.05, 0) is 0 Å². The Hall–Kier alpha value is -2.18. The number of hydrogen-bond acceptors (Lipinski definition) is 4. The summed E-state index contributed by atoms with van der Waals surface area (Å²) in [5.74, 6) is -0.758. The lowest BCUT2D eigenvalue weighted by molar-refractivity contribution is 0.0691. The number of imidazole rings is 1. The summed E-state index contributed by atoms with van der Waals surface area (Å²) in [6.07, 6.45) is 3.09. The summed E-state index contributed by atoms with van der Waals surface area (Å²) in [5, 5.41) is 18.1. The van der Waals surface area contributed by atoms with Crippen LogP contribution < -0.4 is 0 Å². The van der Waals surface area contributed by atoms with E-state index in [0.717, 1.165) is 0 Å². The van der Waals surface area contributed by atoms with Crippen LogP contribution in [0.5, 0.6) is 0 Å². The summed E-state index contributed by atoms with van der Waals surface area (Å²) in [6.45, 7) is 0. The normalized spacial score (nSPS) is 10.2. The van der Waals surface area contributed by atoms with Crippen LogP contribution in [-0.2, 0) is 0 Å². The zero-order chi connectivity index (χ0) is 9.26. The van der Waals surface area contributed by atoms with Crippen LogP contribution in [-0.4, -0.2) is 36.5 Å². The monoisotopic (exact) mass is 179 g/mol. The maximum atomic E-state index is 10.6. The van der Waals surface area contributed by atoms with Crippen LogP contribution >= 0.6 is 0 Å². The molecule has 0 fully saturated rings. The van der Waals surface area contributed by atoms with Gasteiger partial charge in [-0.3, -0.25) is 0 Å². The largest absolute Gasteiger partial charge is 0.476 e. The van der Waals surface area contributed by atoms with Gasteiger partial charge in [-0.1, -0.05) is 0 Å². The van der Waals surface area contributed by atoms with Crippen molar-refractivity contribution in [2.45, 2.75) is 0 Å². The predicted molar refractivity (Wildman–Crippen MR) is 40.9 cm³/mol. The van der Waals surface area contributed by atoms with Crippen molar-refractivity contribution in [3.05, 3.63) is 18.1 Å². The number of nitrogens with zero attached hydrogens (tertiary/aromatic N) is 3. The van der Waals surface area contributed by atoms with Crippen LogP contribution in [0.1, 0.15) is 10.5 Å². The molecule has 0 radical (unpaired) electrons. The zero-order valence-electron chi connectivity index (χ0n) is 6.35. The molecule has 3 N–H and O–H groups in total. The Morgan fingerprint density at radius 3 is 2.92 bits per heavy atom. The lowest BCUT2D eigenvalue weighted by Gasteiger charge is -1.89. The summed E-state index contributed by atoms with van der Waals surface area (Å²) in [5.41, 5.74) is 0.0625. The second kappa shape index (κ2) is 2.70. The molecule has 13 heavy (non-hydrogen) atoms. The molecule has 0 saturated heterocycles. The molecule has 2 aromatic heterocycles. The average Bonchev–Trinajstić information content (AvgIpc) is 2.74. The number of H-pyrrole nitrogens is 2. The highest BCUT2D eigenvalue weighted by atomic mass is 16.4. The standard InChI is InChI=1S/C6H5N5O2/c12-6(13)4-3(9-11-10-4)5-7-1-2-8-5/h1-2H,(H,7,8)(H,12,13)(H,9,10,11). The minimum atomic E-state index is -1.14. The van der Waals surface area contributed by atoms with Crippen LogP contribution in [0.3, 0.4) is 0 Å². The number of carboxylic acids is 1. The first-order chi connectivity index (χ1) is 6.29. The van der Waals surface area contributed by atoms with Crippen molar-refractivity contribution < 1.29 is 9.90 Å². The first kappa shape index (κ1) is 7.47. The highest BCUT2D eigenvalue weighted by Crippen LogP contribution is 2.13. The molecule has 2 rings (SSSR count). The number of aromatic carboxylic acids is 1. The van der Waals surface area contributed by atoms with Crippen molar-refractivity contribution in [3.63, 3.8) is 0 Å². The van der Waals surface area contributed by atoms with Crippen molar-refractivity contribution in [2.24, 2.45) is 0 Å². The molecular weight excluding hydrogens is 174 g/mol. The van der Waals surface area contributed by atoms with Gasteiger partial charge < -0.3 is 10.1 Å². The van der Waals surface area contributed by atoms with Crippen molar-refractivity contribution in [1.29, 1.82) is 0 Å². The van der Waals surface area contributed by atoms with Crippen molar-refractivity contribution in [3.8, 4) is 11.5 Å². The maximum Gasteiger partial charge on any atom is 0.358 e. The smallest absolute Gasteiger partial charge is 0.358 e. The van der Waals surface area contributed by atoms with Crippen LogP contribution in [0.15, 0.2) is 12.4 Å². The van der Waals surface area contributed by atoms with Gasteiger partial charge in [-0.25, -0.2) is 9.78 Å². The third-order valence-electron chi connectivity index (χ3n) is 1.47. The molecule has 0 bridgehead atoms. The molecule has 7 heteroatoms. The van der Waals surface area contributed by atoms with Gasteiger partial charge in [-0.15, -0.1) is 5.10 Å². The number of nitrogens with one attached hydrogen (secondary N) is 2. The van der Waals surface area contributed by atoms with Gasteiger partial charge in [0, 0.05) is 12.4 Å². The molecule has 7 nitrogen and oxygen atoms in total. The molecule has 0 aliphatic carbocycles. The number of carboxylic acid groups (broad SMARTS) is 1. The zero-order valence-corrected chi connectivity index (χ0v) is 6.35. The van der Waals surface area contributed by atoms with Gasteiger partial charge in [0.2, 0.25) is 5.69 Å². The highest BCUT2D eigenvalue weighted by molar-refractivity contribution is 5.91. The minimum absolute atomic E-state index is 0.144. The van der Waals surface area contributed by atoms with Crippen LogP contribution in [0, 0.1) is 0 Å². The van der Waals surface area contributed by atoms with Crippen LogP contribution in [0.25, 0.3) is 11.5 Å². The fourth-order valence-electron chi connectivity index (χ4n) is 0.940. The van der Waals surface area contributed by atoms with Gasteiger partial charge in [0.1, 0.15) is 0 Å². The molecule has 0 spiro atoms. The Morgan fingerprint density at radius 1 is 1.46 bits per heavy atom. The highest BCUT2D eigenvalue weighted by Gasteiger charge is 2.17. The van der Waals surface area contributed by atoms with E-state index in [-0.39, 0.29) is 11.4 Å². The maximum absolute atomic E-state index is 10.6. The first-order valence-corrected chi connectivity index (χ1v) is 3.43. The van der Waals surface area contributed by atoms with Crippen LogP contribution in [0.2, 0.25) is 0 Å².